The molecular formula is C24H20F3NO3. The van der Waals surface area contributed by atoms with Gasteiger partial charge in [0.1, 0.15) is 11.5 Å². The number of halogens is 3. The Morgan fingerprint density at radius 2 is 1.71 bits per heavy atom. The maximum Gasteiger partial charge on any atom is 0.416 e. The smallest absolute Gasteiger partial charge is 0.416 e. The van der Waals surface area contributed by atoms with Crippen molar-refractivity contribution in [2.45, 2.75) is 20.0 Å². The van der Waals surface area contributed by atoms with Crippen LogP contribution in [0.2, 0.25) is 0 Å². The molecule has 3 aromatic rings. The van der Waals surface area contributed by atoms with Gasteiger partial charge in [-0.2, -0.15) is 13.2 Å². The third-order valence-corrected chi connectivity index (χ3v) is 5.02. The Hall–Kier alpha value is -3.48. The highest BCUT2D eigenvalue weighted by molar-refractivity contribution is 6.35. The lowest BCUT2D eigenvalue weighted by molar-refractivity contribution is -0.137. The van der Waals surface area contributed by atoms with Crippen LogP contribution in [0.15, 0.2) is 48.5 Å². The normalized spacial score (nSPS) is 14.6. The Labute approximate surface area is 177 Å². The number of hydrogen-bond acceptors (Lipinski definition) is 3. The Balaban J connectivity index is 1.89. The molecule has 0 radical (unpaired) electrons. The number of alkyl halides is 3. The van der Waals surface area contributed by atoms with Crippen LogP contribution >= 0.6 is 0 Å². The Bertz CT molecular complexity index is 1200. The molecule has 160 valence electrons. The molecule has 0 aromatic heterocycles. The van der Waals surface area contributed by atoms with Gasteiger partial charge in [-0.05, 0) is 49.8 Å². The number of hydrogen-bond donors (Lipinski definition) is 1. The second kappa shape index (κ2) is 7.98. The van der Waals surface area contributed by atoms with E-state index in [4.69, 9.17) is 9.47 Å². The highest BCUT2D eigenvalue weighted by Gasteiger charge is 2.33. The molecule has 3 aromatic carbocycles. The number of nitrogens with one attached hydrogen (secondary N) is 1. The highest BCUT2D eigenvalue weighted by atomic mass is 19.4. The lowest BCUT2D eigenvalue weighted by Crippen LogP contribution is -2.06. The molecule has 4 rings (SSSR count). The lowest BCUT2D eigenvalue weighted by atomic mass is 9.97. The van der Waals surface area contributed by atoms with Crippen molar-refractivity contribution in [1.82, 2.24) is 0 Å². The zero-order valence-corrected chi connectivity index (χ0v) is 17.0. The van der Waals surface area contributed by atoms with E-state index in [1.165, 1.54) is 6.07 Å². The number of carbonyl (C=O) groups excluding carboxylic acids is 1. The first-order valence-electron chi connectivity index (χ1n) is 9.89. The molecule has 0 saturated carbocycles. The molecule has 1 aliphatic heterocycles. The number of fused-ring (bicyclic) bond motifs is 2. The second-order valence-electron chi connectivity index (χ2n) is 6.97. The fourth-order valence-electron chi connectivity index (χ4n) is 3.72. The molecule has 0 fully saturated rings. The number of rotatable bonds is 5. The van der Waals surface area contributed by atoms with Crippen LogP contribution in [0.1, 0.15) is 30.5 Å². The maximum atomic E-state index is 13.0. The van der Waals surface area contributed by atoms with Crippen LogP contribution in [0.5, 0.6) is 11.5 Å². The zero-order chi connectivity index (χ0) is 22.2. The van der Waals surface area contributed by atoms with E-state index in [0.717, 1.165) is 22.9 Å². The highest BCUT2D eigenvalue weighted by Crippen LogP contribution is 2.41. The molecule has 1 heterocycles. The van der Waals surface area contributed by atoms with Crippen molar-refractivity contribution < 1.29 is 27.4 Å². The summed E-state index contributed by atoms with van der Waals surface area (Å²) < 4.78 is 50.6. The summed E-state index contributed by atoms with van der Waals surface area (Å²) in [6, 6.07) is 12.5. The van der Waals surface area contributed by atoms with Crippen molar-refractivity contribution in [2.24, 2.45) is 0 Å². The molecule has 0 spiro atoms. The van der Waals surface area contributed by atoms with Gasteiger partial charge in [0.05, 0.1) is 18.8 Å². The molecule has 0 aliphatic carbocycles. The van der Waals surface area contributed by atoms with Gasteiger partial charge >= 0.3 is 6.18 Å². The van der Waals surface area contributed by atoms with Gasteiger partial charge in [-0.1, -0.05) is 24.3 Å². The third kappa shape index (κ3) is 3.83. The molecule has 1 aliphatic rings. The Morgan fingerprint density at radius 3 is 2.42 bits per heavy atom. The van der Waals surface area contributed by atoms with Crippen LogP contribution in [0.3, 0.4) is 0 Å². The van der Waals surface area contributed by atoms with Gasteiger partial charge in [0.2, 0.25) is 0 Å². The Morgan fingerprint density at radius 1 is 0.968 bits per heavy atom. The summed E-state index contributed by atoms with van der Waals surface area (Å²) in [6.45, 7) is 4.72. The maximum absolute atomic E-state index is 13.0. The predicted octanol–water partition coefficient (Wildman–Crippen LogP) is 6.15. The predicted molar refractivity (Wildman–Crippen MR) is 114 cm³/mol. The van der Waals surface area contributed by atoms with Crippen LogP contribution in [0.4, 0.5) is 18.9 Å². The summed E-state index contributed by atoms with van der Waals surface area (Å²) >= 11 is 0. The average molecular weight is 427 g/mol. The molecule has 0 bridgehead atoms. The minimum atomic E-state index is -4.48. The van der Waals surface area contributed by atoms with Gasteiger partial charge in [-0.25, -0.2) is 0 Å². The van der Waals surface area contributed by atoms with Gasteiger partial charge in [0.25, 0.3) is 5.91 Å². The van der Waals surface area contributed by atoms with E-state index >= 15 is 0 Å². The molecule has 0 atom stereocenters. The number of anilines is 1. The molecule has 1 amide bonds. The summed E-state index contributed by atoms with van der Waals surface area (Å²) in [7, 11) is 0. The second-order valence-corrected chi connectivity index (χ2v) is 6.97. The van der Waals surface area contributed by atoms with Crippen molar-refractivity contribution >= 4 is 34.0 Å². The molecule has 4 nitrogen and oxygen atoms in total. The molecule has 0 saturated heterocycles. The van der Waals surface area contributed by atoms with Crippen molar-refractivity contribution in [2.75, 3.05) is 18.5 Å². The molecule has 31 heavy (non-hydrogen) atoms. The molecule has 7 heteroatoms. The fourth-order valence-corrected chi connectivity index (χ4v) is 3.72. The van der Waals surface area contributed by atoms with Gasteiger partial charge < -0.3 is 14.8 Å². The van der Waals surface area contributed by atoms with Crippen LogP contribution in [-0.2, 0) is 11.0 Å². The first kappa shape index (κ1) is 20.8. The van der Waals surface area contributed by atoms with Gasteiger partial charge in [-0.3, -0.25) is 4.79 Å². The minimum Gasteiger partial charge on any atom is -0.493 e. The van der Waals surface area contributed by atoms with Crippen molar-refractivity contribution in [3.63, 3.8) is 0 Å². The van der Waals surface area contributed by atoms with Crippen LogP contribution in [-0.4, -0.2) is 19.1 Å². The summed E-state index contributed by atoms with van der Waals surface area (Å²) in [6.07, 6.45) is -2.81. The largest absolute Gasteiger partial charge is 0.493 e. The first-order chi connectivity index (χ1) is 14.8. The van der Waals surface area contributed by atoms with Gasteiger partial charge in [-0.15, -0.1) is 0 Å². The van der Waals surface area contributed by atoms with E-state index in [9.17, 15) is 18.0 Å². The summed E-state index contributed by atoms with van der Waals surface area (Å²) in [4.78, 5) is 12.6. The third-order valence-electron chi connectivity index (χ3n) is 5.02. The molecular weight excluding hydrogens is 407 g/mol. The summed E-state index contributed by atoms with van der Waals surface area (Å²) in [5, 5.41) is 4.14. The topological polar surface area (TPSA) is 47.6 Å². The van der Waals surface area contributed by atoms with Crippen molar-refractivity contribution in [1.29, 1.82) is 0 Å². The van der Waals surface area contributed by atoms with Crippen LogP contribution in [0.25, 0.3) is 22.4 Å². The molecule has 1 N–H and O–H groups in total. The Kier molecular flexibility index (Phi) is 5.35. The summed E-state index contributed by atoms with van der Waals surface area (Å²) in [5.41, 5.74) is 0.763. The van der Waals surface area contributed by atoms with E-state index in [2.05, 4.69) is 5.32 Å². The SMILES string of the molecule is CCOc1ccc(/C=C2\C(=O)Nc3cc(C(F)(F)F)ccc32)c2c(OCC)cccc12. The summed E-state index contributed by atoms with van der Waals surface area (Å²) in [5.74, 6) is 0.872. The van der Waals surface area contributed by atoms with Gasteiger partial charge in [0.15, 0.2) is 0 Å². The van der Waals surface area contributed by atoms with E-state index in [1.54, 1.807) is 6.08 Å². The number of ether oxygens (including phenoxy) is 2. The van der Waals surface area contributed by atoms with Crippen molar-refractivity contribution in [3.8, 4) is 11.5 Å². The quantitative estimate of drug-likeness (QED) is 0.497. The van der Waals surface area contributed by atoms with Crippen LogP contribution < -0.4 is 14.8 Å². The lowest BCUT2D eigenvalue weighted by Gasteiger charge is -2.14. The fraction of sp³-hybridized carbons (Fsp3) is 0.208. The number of carbonyl (C=O) groups is 1. The van der Waals surface area contributed by atoms with E-state index in [0.29, 0.717) is 41.4 Å². The van der Waals surface area contributed by atoms with Crippen LogP contribution in [0, 0.1) is 0 Å². The first-order valence-corrected chi connectivity index (χ1v) is 9.89. The van der Waals surface area contributed by atoms with E-state index in [-0.39, 0.29) is 5.69 Å². The van der Waals surface area contributed by atoms with Gasteiger partial charge in [0, 0.05) is 27.6 Å². The monoisotopic (exact) mass is 427 g/mol. The van der Waals surface area contributed by atoms with Crippen molar-refractivity contribution in [3.05, 3.63) is 65.2 Å². The zero-order valence-electron chi connectivity index (χ0n) is 17.0. The average Bonchev–Trinajstić information content (AvgIpc) is 3.04. The number of benzene rings is 3. The van der Waals surface area contributed by atoms with E-state index in [1.807, 2.05) is 44.2 Å². The van der Waals surface area contributed by atoms with E-state index < -0.39 is 17.6 Å². The molecule has 0 unspecified atom stereocenters. The standard InChI is InChI=1S/C24H20F3NO3/c1-3-30-20-11-8-14(22-17(20)6-5-7-21(22)31-4-2)12-18-16-10-9-15(24(25,26)27)13-19(16)28-23(18)29/h5-13H,3-4H2,1-2H3,(H,28,29)/b18-12-. The minimum absolute atomic E-state index is 0.145. The number of amides is 1.